The molecule has 4 rings (SSSR count). The molecule has 0 spiro atoms. The molecule has 2 heterocycles. The standard InChI is InChI=1S/C21H23N3O3S/c1-15-7-8-19-18(13-15)21(25)24(14-22-19)17-9-11-23(12-10-17)28(26,27)20-6-4-3-5-16(20)2/h3-8,13-14,17H,9-12H2,1-2H3. The molecule has 146 valence electrons. The minimum atomic E-state index is -3.52. The van der Waals surface area contributed by atoms with Crippen molar-refractivity contribution in [2.75, 3.05) is 13.1 Å². The monoisotopic (exact) mass is 397 g/mol. The van der Waals surface area contributed by atoms with E-state index in [9.17, 15) is 13.2 Å². The molecule has 1 aliphatic heterocycles. The highest BCUT2D eigenvalue weighted by molar-refractivity contribution is 7.89. The van der Waals surface area contributed by atoms with Gasteiger partial charge in [-0.2, -0.15) is 4.31 Å². The molecule has 1 aromatic heterocycles. The lowest BCUT2D eigenvalue weighted by molar-refractivity contribution is 0.269. The Labute approximate surface area is 164 Å². The summed E-state index contributed by atoms with van der Waals surface area (Å²) in [5.74, 6) is 0. The van der Waals surface area contributed by atoms with Gasteiger partial charge < -0.3 is 0 Å². The van der Waals surface area contributed by atoms with Gasteiger partial charge in [-0.15, -0.1) is 0 Å². The fraction of sp³-hybridized carbons (Fsp3) is 0.333. The number of piperidine rings is 1. The highest BCUT2D eigenvalue weighted by atomic mass is 32.2. The SMILES string of the molecule is Cc1ccc2ncn(C3CCN(S(=O)(=O)c4ccccc4C)CC3)c(=O)c2c1. The van der Waals surface area contributed by atoms with Gasteiger partial charge in [0.1, 0.15) is 0 Å². The van der Waals surface area contributed by atoms with Crippen molar-refractivity contribution in [3.8, 4) is 0 Å². The summed E-state index contributed by atoms with van der Waals surface area (Å²) >= 11 is 0. The summed E-state index contributed by atoms with van der Waals surface area (Å²) in [6.07, 6.45) is 2.77. The molecule has 1 aliphatic rings. The number of fused-ring (bicyclic) bond motifs is 1. The second-order valence-corrected chi connectivity index (χ2v) is 9.28. The van der Waals surface area contributed by atoms with Gasteiger partial charge in [0.15, 0.2) is 0 Å². The predicted octanol–water partition coefficient (Wildman–Crippen LogP) is 3.04. The van der Waals surface area contributed by atoms with Crippen LogP contribution in [0.2, 0.25) is 0 Å². The lowest BCUT2D eigenvalue weighted by Gasteiger charge is -2.32. The van der Waals surface area contributed by atoms with Gasteiger partial charge in [-0.3, -0.25) is 9.36 Å². The summed E-state index contributed by atoms with van der Waals surface area (Å²) in [5.41, 5.74) is 2.39. The normalized spacial score (nSPS) is 16.5. The number of aromatic nitrogens is 2. The molecule has 0 radical (unpaired) electrons. The fourth-order valence-electron chi connectivity index (χ4n) is 3.86. The zero-order valence-electron chi connectivity index (χ0n) is 16.0. The second-order valence-electron chi connectivity index (χ2n) is 7.38. The van der Waals surface area contributed by atoms with Crippen LogP contribution in [-0.4, -0.2) is 35.4 Å². The smallest absolute Gasteiger partial charge is 0.261 e. The van der Waals surface area contributed by atoms with Crippen molar-refractivity contribution in [3.63, 3.8) is 0 Å². The molecule has 0 unspecified atom stereocenters. The van der Waals surface area contributed by atoms with E-state index in [0.717, 1.165) is 11.1 Å². The molecule has 3 aromatic rings. The van der Waals surface area contributed by atoms with E-state index in [1.807, 2.05) is 44.2 Å². The molecule has 0 bridgehead atoms. The third-order valence-corrected chi connectivity index (χ3v) is 7.53. The molecular weight excluding hydrogens is 374 g/mol. The van der Waals surface area contributed by atoms with Crippen LogP contribution in [0, 0.1) is 13.8 Å². The van der Waals surface area contributed by atoms with Crippen molar-refractivity contribution in [2.45, 2.75) is 37.6 Å². The third-order valence-electron chi connectivity index (χ3n) is 5.47. The molecule has 0 amide bonds. The van der Waals surface area contributed by atoms with E-state index in [4.69, 9.17) is 0 Å². The van der Waals surface area contributed by atoms with E-state index in [2.05, 4.69) is 4.98 Å². The van der Waals surface area contributed by atoms with Gasteiger partial charge in [-0.1, -0.05) is 29.8 Å². The zero-order valence-corrected chi connectivity index (χ0v) is 16.8. The Morgan fingerprint density at radius 1 is 1.04 bits per heavy atom. The summed E-state index contributed by atoms with van der Waals surface area (Å²) in [4.78, 5) is 17.7. The maximum absolute atomic E-state index is 13.0. The van der Waals surface area contributed by atoms with Gasteiger partial charge in [0.05, 0.1) is 22.1 Å². The second kappa shape index (κ2) is 7.14. The average Bonchev–Trinajstić information content (AvgIpc) is 2.69. The topological polar surface area (TPSA) is 72.3 Å². The van der Waals surface area contributed by atoms with E-state index in [-0.39, 0.29) is 11.6 Å². The highest BCUT2D eigenvalue weighted by Gasteiger charge is 2.31. The fourth-order valence-corrected chi connectivity index (χ4v) is 5.55. The van der Waals surface area contributed by atoms with E-state index < -0.39 is 10.0 Å². The van der Waals surface area contributed by atoms with Crippen LogP contribution >= 0.6 is 0 Å². The van der Waals surface area contributed by atoms with Crippen LogP contribution in [0.1, 0.15) is 30.0 Å². The maximum Gasteiger partial charge on any atom is 0.261 e. The minimum absolute atomic E-state index is 0.0479. The largest absolute Gasteiger partial charge is 0.296 e. The molecule has 2 aromatic carbocycles. The number of rotatable bonds is 3. The Morgan fingerprint density at radius 2 is 1.75 bits per heavy atom. The van der Waals surface area contributed by atoms with Crippen molar-refractivity contribution in [1.82, 2.24) is 13.9 Å². The summed E-state index contributed by atoms with van der Waals surface area (Å²) in [6, 6.07) is 12.6. The predicted molar refractivity (Wildman–Crippen MR) is 109 cm³/mol. The van der Waals surface area contributed by atoms with Crippen molar-refractivity contribution >= 4 is 20.9 Å². The minimum Gasteiger partial charge on any atom is -0.296 e. The van der Waals surface area contributed by atoms with Crippen LogP contribution < -0.4 is 5.56 Å². The first-order valence-corrected chi connectivity index (χ1v) is 10.9. The number of benzene rings is 2. The molecule has 7 heteroatoms. The molecular formula is C21H23N3O3S. The van der Waals surface area contributed by atoms with Crippen LogP contribution in [0.3, 0.4) is 0 Å². The van der Waals surface area contributed by atoms with Crippen LogP contribution in [-0.2, 0) is 10.0 Å². The molecule has 6 nitrogen and oxygen atoms in total. The van der Waals surface area contributed by atoms with Crippen molar-refractivity contribution in [3.05, 3.63) is 70.3 Å². The number of nitrogens with zero attached hydrogens (tertiary/aromatic N) is 3. The number of sulfonamides is 1. The highest BCUT2D eigenvalue weighted by Crippen LogP contribution is 2.27. The van der Waals surface area contributed by atoms with Gasteiger partial charge >= 0.3 is 0 Å². The van der Waals surface area contributed by atoms with Crippen molar-refractivity contribution < 1.29 is 8.42 Å². The van der Waals surface area contributed by atoms with Gasteiger partial charge in [0, 0.05) is 19.1 Å². The Bertz CT molecular complexity index is 1190. The first kappa shape index (κ1) is 18.8. The third kappa shape index (κ3) is 3.25. The van der Waals surface area contributed by atoms with Crippen LogP contribution in [0.15, 0.2) is 58.5 Å². The number of hydrogen-bond donors (Lipinski definition) is 0. The van der Waals surface area contributed by atoms with Gasteiger partial charge in [0.25, 0.3) is 5.56 Å². The molecule has 0 N–H and O–H groups in total. The lowest BCUT2D eigenvalue weighted by Crippen LogP contribution is -2.41. The maximum atomic E-state index is 13.0. The Hall–Kier alpha value is -2.51. The van der Waals surface area contributed by atoms with E-state index in [1.54, 1.807) is 23.0 Å². The van der Waals surface area contributed by atoms with Crippen LogP contribution in [0.4, 0.5) is 0 Å². The Kier molecular flexibility index (Phi) is 4.81. The molecule has 0 aliphatic carbocycles. The zero-order chi connectivity index (χ0) is 19.9. The Morgan fingerprint density at radius 3 is 2.46 bits per heavy atom. The molecule has 0 saturated carbocycles. The quantitative estimate of drug-likeness (QED) is 0.681. The van der Waals surface area contributed by atoms with E-state index in [0.29, 0.717) is 41.7 Å². The van der Waals surface area contributed by atoms with E-state index in [1.165, 1.54) is 4.31 Å². The summed E-state index contributed by atoms with van der Waals surface area (Å²) < 4.78 is 29.1. The van der Waals surface area contributed by atoms with Gasteiger partial charge in [-0.05, 0) is 50.5 Å². The molecule has 1 fully saturated rings. The number of aryl methyl sites for hydroxylation is 2. The van der Waals surface area contributed by atoms with Crippen LogP contribution in [0.5, 0.6) is 0 Å². The van der Waals surface area contributed by atoms with Crippen molar-refractivity contribution in [1.29, 1.82) is 0 Å². The molecule has 28 heavy (non-hydrogen) atoms. The lowest BCUT2D eigenvalue weighted by atomic mass is 10.1. The summed E-state index contributed by atoms with van der Waals surface area (Å²) in [7, 11) is -3.52. The Balaban J connectivity index is 1.58. The summed E-state index contributed by atoms with van der Waals surface area (Å²) in [5, 5.41) is 0.609. The van der Waals surface area contributed by atoms with E-state index >= 15 is 0 Å². The van der Waals surface area contributed by atoms with Gasteiger partial charge in [0.2, 0.25) is 10.0 Å². The van der Waals surface area contributed by atoms with Crippen LogP contribution in [0.25, 0.3) is 10.9 Å². The first-order valence-electron chi connectivity index (χ1n) is 9.41. The number of hydrogen-bond acceptors (Lipinski definition) is 4. The average molecular weight is 398 g/mol. The van der Waals surface area contributed by atoms with Crippen molar-refractivity contribution in [2.24, 2.45) is 0 Å². The molecule has 0 atom stereocenters. The molecule has 1 saturated heterocycles. The van der Waals surface area contributed by atoms with Gasteiger partial charge in [-0.25, -0.2) is 13.4 Å². The first-order chi connectivity index (χ1) is 13.4. The summed E-state index contributed by atoms with van der Waals surface area (Å²) in [6.45, 7) is 4.53.